The van der Waals surface area contributed by atoms with E-state index in [0.717, 1.165) is 7.11 Å². The number of esters is 1. The largest absolute Gasteiger partial charge is 0.503 e. The molecule has 1 aromatic rings. The van der Waals surface area contributed by atoms with Gasteiger partial charge in [-0.15, -0.1) is 0 Å². The van der Waals surface area contributed by atoms with Crippen LogP contribution in [-0.2, 0) is 14.3 Å². The first kappa shape index (κ1) is 13.1. The van der Waals surface area contributed by atoms with E-state index in [1.165, 1.54) is 0 Å². The third kappa shape index (κ3) is 2.17. The van der Waals surface area contributed by atoms with Crippen LogP contribution < -0.4 is 5.32 Å². The molecule has 0 bridgehead atoms. The molecule has 19 heavy (non-hydrogen) atoms. The van der Waals surface area contributed by atoms with Gasteiger partial charge in [0.15, 0.2) is 5.76 Å². The number of anilines is 1. The Morgan fingerprint density at radius 3 is 2.58 bits per heavy atom. The first-order valence-corrected chi connectivity index (χ1v) is 5.59. The Balaban J connectivity index is 2.39. The van der Waals surface area contributed by atoms with E-state index in [-0.39, 0.29) is 5.70 Å². The van der Waals surface area contributed by atoms with Crippen LogP contribution in [0.3, 0.4) is 0 Å². The summed E-state index contributed by atoms with van der Waals surface area (Å²) < 4.78 is 4.48. The number of nitrogens with one attached hydrogen (secondary N) is 1. The number of para-hydroxylation sites is 1. The van der Waals surface area contributed by atoms with Gasteiger partial charge in [0.25, 0.3) is 0 Å². The molecule has 0 spiro atoms. The van der Waals surface area contributed by atoms with Crippen molar-refractivity contribution in [2.24, 2.45) is 0 Å². The maximum atomic E-state index is 11.6. The quantitative estimate of drug-likeness (QED) is 0.696. The summed E-state index contributed by atoms with van der Waals surface area (Å²) in [5, 5.41) is 22.6. The SMILES string of the molecule is COC(=O)C1(O)CC(=O)C(O)=C1Nc1ccccc1. The predicted octanol–water partition coefficient (Wildman–Crippen LogP) is 0.745. The zero-order chi connectivity index (χ0) is 14.0. The van der Waals surface area contributed by atoms with Crippen molar-refractivity contribution < 1.29 is 24.5 Å². The van der Waals surface area contributed by atoms with Crippen molar-refractivity contribution in [3.05, 3.63) is 41.8 Å². The van der Waals surface area contributed by atoms with Crippen LogP contribution >= 0.6 is 0 Å². The van der Waals surface area contributed by atoms with Crippen molar-refractivity contribution in [3.8, 4) is 0 Å². The molecule has 6 heteroatoms. The zero-order valence-corrected chi connectivity index (χ0v) is 10.2. The van der Waals surface area contributed by atoms with Gasteiger partial charge in [-0.25, -0.2) is 4.79 Å². The average molecular weight is 263 g/mol. The van der Waals surface area contributed by atoms with E-state index in [1.54, 1.807) is 30.3 Å². The number of aliphatic hydroxyl groups excluding tert-OH is 1. The van der Waals surface area contributed by atoms with E-state index in [4.69, 9.17) is 0 Å². The van der Waals surface area contributed by atoms with Crippen LogP contribution in [0.5, 0.6) is 0 Å². The monoisotopic (exact) mass is 263 g/mol. The van der Waals surface area contributed by atoms with Gasteiger partial charge in [-0.1, -0.05) is 18.2 Å². The highest BCUT2D eigenvalue weighted by molar-refractivity contribution is 6.05. The first-order valence-electron chi connectivity index (χ1n) is 5.59. The van der Waals surface area contributed by atoms with Crippen molar-refractivity contribution in [2.45, 2.75) is 12.0 Å². The number of carbonyl (C=O) groups is 2. The van der Waals surface area contributed by atoms with Crippen LogP contribution in [0.15, 0.2) is 41.8 Å². The Morgan fingerprint density at radius 1 is 1.37 bits per heavy atom. The second-order valence-corrected chi connectivity index (χ2v) is 4.17. The molecule has 0 amide bonds. The van der Waals surface area contributed by atoms with Gasteiger partial charge in [0.2, 0.25) is 11.4 Å². The average Bonchev–Trinajstić information content (AvgIpc) is 2.64. The van der Waals surface area contributed by atoms with Gasteiger partial charge in [0.1, 0.15) is 5.70 Å². The fourth-order valence-corrected chi connectivity index (χ4v) is 1.91. The maximum absolute atomic E-state index is 11.6. The fourth-order valence-electron chi connectivity index (χ4n) is 1.91. The summed E-state index contributed by atoms with van der Waals surface area (Å²) in [6.07, 6.45) is -0.541. The van der Waals surface area contributed by atoms with Gasteiger partial charge < -0.3 is 20.3 Å². The van der Waals surface area contributed by atoms with Gasteiger partial charge in [0.05, 0.1) is 13.5 Å². The fraction of sp³-hybridized carbons (Fsp3) is 0.231. The van der Waals surface area contributed by atoms with Gasteiger partial charge >= 0.3 is 5.97 Å². The number of hydrogen-bond donors (Lipinski definition) is 3. The number of methoxy groups -OCH3 is 1. The van der Waals surface area contributed by atoms with Crippen LogP contribution in [0.25, 0.3) is 0 Å². The lowest BCUT2D eigenvalue weighted by atomic mass is 10.0. The van der Waals surface area contributed by atoms with Gasteiger partial charge in [-0.3, -0.25) is 4.79 Å². The second-order valence-electron chi connectivity index (χ2n) is 4.17. The molecule has 0 aliphatic heterocycles. The Labute approximate surface area is 109 Å². The molecule has 1 unspecified atom stereocenters. The van der Waals surface area contributed by atoms with Crippen LogP contribution in [0, 0.1) is 0 Å². The topological polar surface area (TPSA) is 95.9 Å². The molecule has 2 rings (SSSR count). The molecule has 1 atom stereocenters. The zero-order valence-electron chi connectivity index (χ0n) is 10.2. The molecule has 0 saturated heterocycles. The van der Waals surface area contributed by atoms with Crippen molar-refractivity contribution in [1.82, 2.24) is 0 Å². The number of allylic oxidation sites excluding steroid dienone is 1. The van der Waals surface area contributed by atoms with E-state index in [1.807, 2.05) is 0 Å². The summed E-state index contributed by atoms with van der Waals surface area (Å²) in [6.45, 7) is 0. The summed E-state index contributed by atoms with van der Waals surface area (Å²) in [6, 6.07) is 8.58. The Kier molecular flexibility index (Phi) is 3.26. The summed E-state index contributed by atoms with van der Waals surface area (Å²) in [5.41, 5.74) is -1.90. The molecule has 1 aliphatic rings. The summed E-state index contributed by atoms with van der Waals surface area (Å²) in [7, 11) is 1.10. The predicted molar refractivity (Wildman–Crippen MR) is 66.3 cm³/mol. The van der Waals surface area contributed by atoms with E-state index in [9.17, 15) is 19.8 Å². The van der Waals surface area contributed by atoms with Crippen LogP contribution in [0.4, 0.5) is 5.69 Å². The number of hydrogen-bond acceptors (Lipinski definition) is 6. The number of aliphatic hydroxyl groups is 2. The molecular formula is C13H13NO5. The Hall–Kier alpha value is -2.34. The molecule has 6 nitrogen and oxygen atoms in total. The smallest absolute Gasteiger partial charge is 0.344 e. The number of ether oxygens (including phenoxy) is 1. The highest BCUT2D eigenvalue weighted by Gasteiger charge is 2.51. The number of ketones is 1. The van der Waals surface area contributed by atoms with E-state index in [2.05, 4.69) is 10.1 Å². The number of carbonyl (C=O) groups excluding carboxylic acids is 2. The number of benzene rings is 1. The minimum atomic E-state index is -2.17. The number of rotatable bonds is 3. The van der Waals surface area contributed by atoms with Crippen LogP contribution in [0.1, 0.15) is 6.42 Å². The minimum absolute atomic E-state index is 0.254. The lowest BCUT2D eigenvalue weighted by Crippen LogP contribution is -2.42. The molecule has 0 aromatic heterocycles. The van der Waals surface area contributed by atoms with Gasteiger partial charge in [-0.2, -0.15) is 0 Å². The Morgan fingerprint density at radius 2 is 2.00 bits per heavy atom. The van der Waals surface area contributed by atoms with Crippen molar-refractivity contribution in [3.63, 3.8) is 0 Å². The lowest BCUT2D eigenvalue weighted by molar-refractivity contribution is -0.159. The third-order valence-electron chi connectivity index (χ3n) is 2.90. The third-order valence-corrected chi connectivity index (χ3v) is 2.90. The molecule has 0 saturated carbocycles. The number of Topliss-reactive ketones (excluding diaryl/α,β-unsaturated/α-hetero) is 1. The van der Waals surface area contributed by atoms with Gasteiger partial charge in [0, 0.05) is 5.69 Å². The van der Waals surface area contributed by atoms with Crippen LogP contribution in [-0.4, -0.2) is 34.7 Å². The summed E-state index contributed by atoms with van der Waals surface area (Å²) >= 11 is 0. The normalized spacial score (nSPS) is 22.5. The summed E-state index contributed by atoms with van der Waals surface area (Å²) in [4.78, 5) is 23.1. The van der Waals surface area contributed by atoms with Crippen molar-refractivity contribution >= 4 is 17.4 Å². The minimum Gasteiger partial charge on any atom is -0.503 e. The second kappa shape index (κ2) is 4.74. The van der Waals surface area contributed by atoms with Crippen LogP contribution in [0.2, 0.25) is 0 Å². The molecule has 1 aliphatic carbocycles. The van der Waals surface area contributed by atoms with Crippen molar-refractivity contribution in [2.75, 3.05) is 12.4 Å². The lowest BCUT2D eigenvalue weighted by Gasteiger charge is -2.23. The Bertz CT molecular complexity index is 551. The molecule has 0 heterocycles. The molecule has 0 radical (unpaired) electrons. The highest BCUT2D eigenvalue weighted by Crippen LogP contribution is 2.34. The summed E-state index contributed by atoms with van der Waals surface area (Å²) in [5.74, 6) is -2.37. The molecule has 0 fully saturated rings. The van der Waals surface area contributed by atoms with Crippen molar-refractivity contribution in [1.29, 1.82) is 0 Å². The van der Waals surface area contributed by atoms with E-state index < -0.39 is 29.5 Å². The molecular weight excluding hydrogens is 250 g/mol. The first-order chi connectivity index (χ1) is 8.99. The van der Waals surface area contributed by atoms with E-state index in [0.29, 0.717) is 5.69 Å². The highest BCUT2D eigenvalue weighted by atomic mass is 16.5. The standard InChI is InChI=1S/C13H13NO5/c1-19-12(17)13(18)7-9(15)10(16)11(13)14-8-5-3-2-4-6-8/h2-6,14,16,18H,7H2,1H3. The maximum Gasteiger partial charge on any atom is 0.344 e. The molecule has 100 valence electrons. The molecule has 3 N–H and O–H groups in total. The van der Waals surface area contributed by atoms with Gasteiger partial charge in [-0.05, 0) is 12.1 Å². The molecule has 1 aromatic carbocycles. The van der Waals surface area contributed by atoms with E-state index >= 15 is 0 Å².